The van der Waals surface area contributed by atoms with Crippen molar-refractivity contribution in [2.75, 3.05) is 6.61 Å². The lowest BCUT2D eigenvalue weighted by Gasteiger charge is -2.36. The third-order valence-corrected chi connectivity index (χ3v) is 5.93. The van der Waals surface area contributed by atoms with Crippen LogP contribution in [0.2, 0.25) is 0 Å². The molecular weight excluding hydrogens is 401 g/mol. The van der Waals surface area contributed by atoms with Crippen molar-refractivity contribution in [1.82, 2.24) is 0 Å². The van der Waals surface area contributed by atoms with Crippen molar-refractivity contribution in [3.8, 4) is 0 Å². The normalized spacial score (nSPS) is 32.1. The highest BCUT2D eigenvalue weighted by Gasteiger charge is 2.73. The van der Waals surface area contributed by atoms with Gasteiger partial charge in [0.2, 0.25) is 0 Å². The van der Waals surface area contributed by atoms with E-state index in [1.165, 1.54) is 19.1 Å². The van der Waals surface area contributed by atoms with Crippen LogP contribution < -0.4 is 0 Å². The van der Waals surface area contributed by atoms with Crippen LogP contribution in [0.15, 0.2) is 47.3 Å². The van der Waals surface area contributed by atoms with Crippen molar-refractivity contribution in [3.05, 3.63) is 47.3 Å². The van der Waals surface area contributed by atoms with Gasteiger partial charge in [0.15, 0.2) is 6.61 Å². The lowest BCUT2D eigenvalue weighted by Crippen LogP contribution is -2.41. The summed E-state index contributed by atoms with van der Waals surface area (Å²) >= 11 is 0. The fraction of sp³-hybridized carbons (Fsp3) is 0.545. The van der Waals surface area contributed by atoms with Crippen molar-refractivity contribution < 1.29 is 37.0 Å². The van der Waals surface area contributed by atoms with Crippen molar-refractivity contribution in [2.24, 2.45) is 5.41 Å². The van der Waals surface area contributed by atoms with Gasteiger partial charge in [0.25, 0.3) is 0 Å². The van der Waals surface area contributed by atoms with Crippen LogP contribution >= 0.6 is 0 Å². The second-order valence-corrected chi connectivity index (χ2v) is 8.79. The fourth-order valence-electron chi connectivity index (χ4n) is 4.36. The first-order valence-electron chi connectivity index (χ1n) is 9.74. The molecule has 1 saturated carbocycles. The minimum Gasteiger partial charge on any atom is -0.453 e. The number of carbonyl (C=O) groups is 2. The maximum Gasteiger partial charge on any atom is 0.422 e. The van der Waals surface area contributed by atoms with E-state index in [0.29, 0.717) is 5.57 Å². The molecule has 0 aromatic carbocycles. The molecule has 30 heavy (non-hydrogen) atoms. The first-order valence-corrected chi connectivity index (χ1v) is 9.74. The van der Waals surface area contributed by atoms with Crippen molar-refractivity contribution in [3.63, 3.8) is 0 Å². The predicted molar refractivity (Wildman–Crippen MR) is 102 cm³/mol. The van der Waals surface area contributed by atoms with Crippen LogP contribution in [0, 0.1) is 5.41 Å². The third-order valence-electron chi connectivity index (χ3n) is 5.93. The van der Waals surface area contributed by atoms with Crippen LogP contribution in [0.3, 0.4) is 0 Å². The molecule has 2 aliphatic heterocycles. The van der Waals surface area contributed by atoms with Gasteiger partial charge in [-0.3, -0.25) is 0 Å². The van der Waals surface area contributed by atoms with Gasteiger partial charge in [-0.25, -0.2) is 9.59 Å². The first kappa shape index (κ1) is 22.3. The van der Waals surface area contributed by atoms with Gasteiger partial charge in [-0.2, -0.15) is 13.2 Å². The molecule has 0 amide bonds. The first-order chi connectivity index (χ1) is 13.8. The smallest absolute Gasteiger partial charge is 0.422 e. The minimum absolute atomic E-state index is 0.0612. The Morgan fingerprint density at radius 3 is 2.60 bits per heavy atom. The Kier molecular flexibility index (Phi) is 5.52. The molecule has 1 saturated heterocycles. The lowest BCUT2D eigenvalue weighted by molar-refractivity contribution is -0.182. The van der Waals surface area contributed by atoms with E-state index in [9.17, 15) is 22.8 Å². The summed E-state index contributed by atoms with van der Waals surface area (Å²) < 4.78 is 51.7. The number of carbonyl (C=O) groups excluding carboxylic acids is 2. The topological polar surface area (TPSA) is 65.1 Å². The zero-order valence-electron chi connectivity index (χ0n) is 17.4. The van der Waals surface area contributed by atoms with E-state index in [2.05, 4.69) is 25.5 Å². The van der Waals surface area contributed by atoms with Crippen LogP contribution in [0.4, 0.5) is 13.2 Å². The number of epoxide rings is 1. The average Bonchev–Trinajstić information content (AvgIpc) is 3.09. The molecule has 0 radical (unpaired) electrons. The third kappa shape index (κ3) is 4.38. The largest absolute Gasteiger partial charge is 0.453 e. The van der Waals surface area contributed by atoms with Gasteiger partial charge in [-0.1, -0.05) is 13.8 Å². The zero-order chi connectivity index (χ0) is 22.4. The van der Waals surface area contributed by atoms with Gasteiger partial charge >= 0.3 is 18.1 Å². The van der Waals surface area contributed by atoms with Crippen LogP contribution in [-0.2, 0) is 23.8 Å². The highest BCUT2D eigenvalue weighted by atomic mass is 19.4. The molecule has 8 heteroatoms. The van der Waals surface area contributed by atoms with Crippen LogP contribution in [-0.4, -0.2) is 35.9 Å². The molecule has 2 heterocycles. The Bertz CT molecular complexity index is 878. The van der Waals surface area contributed by atoms with E-state index in [1.807, 2.05) is 6.08 Å². The summed E-state index contributed by atoms with van der Waals surface area (Å²) in [6.45, 7) is 6.22. The van der Waals surface area contributed by atoms with Gasteiger partial charge in [-0.05, 0) is 63.0 Å². The SMILES string of the molecule is CC(/C=C1C=C(/C=C/C23OC2(C)CCCC3(C)C)C(=O)O/1)=C\C(=O)OCC(F)(F)F. The molecule has 164 valence electrons. The molecular formula is C22H25F3O5. The van der Waals surface area contributed by atoms with E-state index >= 15 is 0 Å². The molecule has 5 nitrogen and oxygen atoms in total. The maximum atomic E-state index is 12.2. The van der Waals surface area contributed by atoms with E-state index in [-0.39, 0.29) is 22.3 Å². The Labute approximate surface area is 173 Å². The van der Waals surface area contributed by atoms with Crippen LogP contribution in [0.1, 0.15) is 47.0 Å². The molecule has 2 unspecified atom stereocenters. The highest BCUT2D eigenvalue weighted by molar-refractivity contribution is 5.96. The van der Waals surface area contributed by atoms with Gasteiger partial charge < -0.3 is 14.2 Å². The number of hydrogen-bond donors (Lipinski definition) is 0. The number of halogens is 3. The Morgan fingerprint density at radius 2 is 1.97 bits per heavy atom. The van der Waals surface area contributed by atoms with Crippen LogP contribution in [0.5, 0.6) is 0 Å². The van der Waals surface area contributed by atoms with E-state index < -0.39 is 30.3 Å². The molecule has 0 spiro atoms. The number of alkyl halides is 3. The zero-order valence-corrected chi connectivity index (χ0v) is 17.4. The summed E-state index contributed by atoms with van der Waals surface area (Å²) in [4.78, 5) is 23.6. The molecule has 1 aliphatic carbocycles. The van der Waals surface area contributed by atoms with Crippen molar-refractivity contribution >= 4 is 11.9 Å². The minimum atomic E-state index is -4.59. The average molecular weight is 426 g/mol. The highest BCUT2D eigenvalue weighted by Crippen LogP contribution is 2.66. The lowest BCUT2D eigenvalue weighted by atomic mass is 9.64. The second kappa shape index (κ2) is 7.41. The molecule has 2 atom stereocenters. The van der Waals surface area contributed by atoms with Crippen LogP contribution in [0.25, 0.3) is 0 Å². The summed E-state index contributed by atoms with van der Waals surface area (Å²) in [6.07, 6.45) is 5.92. The Hall–Kier alpha value is -2.35. The molecule has 2 fully saturated rings. The second-order valence-electron chi connectivity index (χ2n) is 8.79. The molecule has 3 aliphatic rings. The Balaban J connectivity index is 1.70. The van der Waals surface area contributed by atoms with Crippen molar-refractivity contribution in [1.29, 1.82) is 0 Å². The monoisotopic (exact) mass is 426 g/mol. The summed E-state index contributed by atoms with van der Waals surface area (Å²) in [7, 11) is 0. The Morgan fingerprint density at radius 1 is 1.27 bits per heavy atom. The molecule has 0 aromatic heterocycles. The standard InChI is InChI=1S/C22H25F3O5/c1-14(11-17(26)28-13-22(23,24)25)10-16-12-15(18(27)29-16)6-9-21-19(2,3)7-5-8-20(21,4)30-21/h6,9-12H,5,7-8,13H2,1-4H3/b9-6+,14-11+,16-10-. The number of ether oxygens (including phenoxy) is 3. The van der Waals surface area contributed by atoms with Crippen molar-refractivity contribution in [2.45, 2.75) is 64.3 Å². The number of allylic oxidation sites excluding steroid dienone is 3. The maximum absolute atomic E-state index is 12.2. The summed E-state index contributed by atoms with van der Waals surface area (Å²) in [6, 6.07) is 0. The number of cyclic esters (lactones) is 1. The van der Waals surface area contributed by atoms with E-state index in [4.69, 9.17) is 9.47 Å². The number of hydrogen-bond acceptors (Lipinski definition) is 5. The van der Waals surface area contributed by atoms with E-state index in [1.54, 1.807) is 6.08 Å². The molecule has 0 N–H and O–H groups in total. The number of rotatable bonds is 5. The van der Waals surface area contributed by atoms with Gasteiger partial charge in [0.1, 0.15) is 11.4 Å². The molecule has 0 aromatic rings. The van der Waals surface area contributed by atoms with Gasteiger partial charge in [0, 0.05) is 11.5 Å². The predicted octanol–water partition coefficient (Wildman–Crippen LogP) is 4.70. The quantitative estimate of drug-likeness (QED) is 0.362. The summed E-state index contributed by atoms with van der Waals surface area (Å²) in [5, 5.41) is 0. The van der Waals surface area contributed by atoms with Gasteiger partial charge in [-0.15, -0.1) is 0 Å². The molecule has 0 bridgehead atoms. The number of fused-ring (bicyclic) bond motifs is 1. The summed E-state index contributed by atoms with van der Waals surface area (Å²) in [5.41, 5.74) is -0.0970. The number of esters is 2. The fourth-order valence-corrected chi connectivity index (χ4v) is 4.36. The van der Waals surface area contributed by atoms with Gasteiger partial charge in [0.05, 0.1) is 11.2 Å². The molecule has 3 rings (SSSR count). The van der Waals surface area contributed by atoms with E-state index in [0.717, 1.165) is 25.3 Å². The summed E-state index contributed by atoms with van der Waals surface area (Å²) in [5.74, 6) is -1.48.